The van der Waals surface area contributed by atoms with E-state index in [1.54, 1.807) is 31.2 Å². The van der Waals surface area contributed by atoms with E-state index in [0.717, 1.165) is 5.56 Å². The second kappa shape index (κ2) is 6.92. The zero-order valence-electron chi connectivity index (χ0n) is 12.9. The van der Waals surface area contributed by atoms with Crippen LogP contribution in [0.3, 0.4) is 0 Å². The number of nitrogens with zero attached hydrogens (tertiary/aromatic N) is 1. The summed E-state index contributed by atoms with van der Waals surface area (Å²) in [6, 6.07) is 6.83. The van der Waals surface area contributed by atoms with Crippen LogP contribution in [0.2, 0.25) is 5.02 Å². The Bertz CT molecular complexity index is 774. The van der Waals surface area contributed by atoms with E-state index in [1.165, 1.54) is 0 Å². The van der Waals surface area contributed by atoms with E-state index in [-0.39, 0.29) is 12.4 Å². The van der Waals surface area contributed by atoms with Gasteiger partial charge in [-0.3, -0.25) is 9.59 Å². The lowest BCUT2D eigenvalue weighted by Crippen LogP contribution is -2.32. The number of carbonyl (C=O) groups is 2. The Kier molecular flexibility index (Phi) is 4.71. The number of aryl methyl sites for hydroxylation is 1. The van der Waals surface area contributed by atoms with Gasteiger partial charge in [0.2, 0.25) is 0 Å². The molecule has 2 aromatic rings. The number of nitrogens with one attached hydrogen (secondary N) is 1. The minimum Gasteiger partial charge on any atom is -0.492 e. The predicted octanol–water partition coefficient (Wildman–Crippen LogP) is 2.37. The van der Waals surface area contributed by atoms with E-state index in [2.05, 4.69) is 10.5 Å². The molecular formula is C16H15ClN2O5. The summed E-state index contributed by atoms with van der Waals surface area (Å²) < 4.78 is 15.4. The van der Waals surface area contributed by atoms with Gasteiger partial charge in [-0.05, 0) is 37.1 Å². The normalized spacial score (nSPS) is 16.0. The first-order chi connectivity index (χ1) is 11.5. The van der Waals surface area contributed by atoms with Crippen LogP contribution in [0.4, 0.5) is 5.82 Å². The molecule has 8 heteroatoms. The highest BCUT2D eigenvalue weighted by molar-refractivity contribution is 6.30. The standard InChI is InChI=1S/C16H15ClN2O5/c1-9-4-14(19-24-9)18-15(20)8-23-16(21)11-5-10-6-12(17)2-3-13(10)22-7-11/h2-4,6,11H,5,7-8H2,1H3,(H,18,19,20)/t11-/m0/s1. The van der Waals surface area contributed by atoms with Gasteiger partial charge in [-0.2, -0.15) is 0 Å². The third kappa shape index (κ3) is 3.86. The number of aromatic nitrogens is 1. The summed E-state index contributed by atoms with van der Waals surface area (Å²) in [6.07, 6.45) is 0.457. The van der Waals surface area contributed by atoms with Crippen LogP contribution < -0.4 is 10.1 Å². The Morgan fingerprint density at radius 3 is 3.00 bits per heavy atom. The number of amides is 1. The third-order valence-corrected chi connectivity index (χ3v) is 3.74. The van der Waals surface area contributed by atoms with Crippen LogP contribution in [0.5, 0.6) is 5.75 Å². The maximum absolute atomic E-state index is 12.1. The first-order valence-electron chi connectivity index (χ1n) is 7.32. The van der Waals surface area contributed by atoms with Crippen molar-refractivity contribution in [1.29, 1.82) is 0 Å². The highest BCUT2D eigenvalue weighted by Crippen LogP contribution is 2.30. The van der Waals surface area contributed by atoms with Crippen molar-refractivity contribution in [2.24, 2.45) is 5.92 Å². The molecule has 0 unspecified atom stereocenters. The van der Waals surface area contributed by atoms with Gasteiger partial charge in [-0.15, -0.1) is 0 Å². The zero-order valence-corrected chi connectivity index (χ0v) is 13.6. The molecule has 0 aliphatic carbocycles. The fourth-order valence-electron chi connectivity index (χ4n) is 2.37. The number of halogens is 1. The number of fused-ring (bicyclic) bond motifs is 1. The van der Waals surface area contributed by atoms with Crippen molar-refractivity contribution in [2.75, 3.05) is 18.5 Å². The van der Waals surface area contributed by atoms with Crippen molar-refractivity contribution in [3.63, 3.8) is 0 Å². The molecule has 24 heavy (non-hydrogen) atoms. The Morgan fingerprint density at radius 1 is 1.42 bits per heavy atom. The molecule has 0 spiro atoms. The van der Waals surface area contributed by atoms with E-state index in [1.807, 2.05) is 0 Å². The van der Waals surface area contributed by atoms with Gasteiger partial charge in [0.15, 0.2) is 12.4 Å². The van der Waals surface area contributed by atoms with Crippen LogP contribution in [0.25, 0.3) is 0 Å². The highest BCUT2D eigenvalue weighted by atomic mass is 35.5. The van der Waals surface area contributed by atoms with Gasteiger partial charge >= 0.3 is 5.97 Å². The summed E-state index contributed by atoms with van der Waals surface area (Å²) in [5, 5.41) is 6.68. The lowest BCUT2D eigenvalue weighted by molar-refractivity contribution is -0.152. The molecule has 1 aliphatic rings. The lowest BCUT2D eigenvalue weighted by atomic mass is 9.97. The molecule has 1 aromatic heterocycles. The summed E-state index contributed by atoms with van der Waals surface area (Å²) >= 11 is 5.95. The molecule has 0 saturated carbocycles. The smallest absolute Gasteiger partial charge is 0.313 e. The molecule has 0 saturated heterocycles. The molecule has 126 valence electrons. The van der Waals surface area contributed by atoms with Crippen LogP contribution in [-0.2, 0) is 20.7 Å². The third-order valence-electron chi connectivity index (χ3n) is 3.50. The molecule has 1 amide bonds. The van der Waals surface area contributed by atoms with Crippen molar-refractivity contribution in [3.05, 3.63) is 40.6 Å². The molecule has 1 aliphatic heterocycles. The number of esters is 1. The van der Waals surface area contributed by atoms with Gasteiger partial charge < -0.3 is 19.3 Å². The number of carbonyl (C=O) groups excluding carboxylic acids is 2. The van der Waals surface area contributed by atoms with Gasteiger partial charge in [-0.1, -0.05) is 16.8 Å². The molecule has 3 rings (SSSR count). The Labute approximate surface area is 142 Å². The minimum atomic E-state index is -0.493. The van der Waals surface area contributed by atoms with E-state index < -0.39 is 24.4 Å². The van der Waals surface area contributed by atoms with Gasteiger partial charge in [0.05, 0.1) is 5.92 Å². The fraction of sp³-hybridized carbons (Fsp3) is 0.312. The molecule has 1 atom stereocenters. The molecule has 2 heterocycles. The van der Waals surface area contributed by atoms with E-state index in [9.17, 15) is 9.59 Å². The highest BCUT2D eigenvalue weighted by Gasteiger charge is 2.28. The van der Waals surface area contributed by atoms with Crippen molar-refractivity contribution in [1.82, 2.24) is 5.16 Å². The van der Waals surface area contributed by atoms with Crippen LogP contribution in [0.15, 0.2) is 28.8 Å². The Morgan fingerprint density at radius 2 is 2.25 bits per heavy atom. The maximum Gasteiger partial charge on any atom is 0.313 e. The van der Waals surface area contributed by atoms with E-state index in [0.29, 0.717) is 23.0 Å². The minimum absolute atomic E-state index is 0.206. The number of hydrogen-bond donors (Lipinski definition) is 1. The quantitative estimate of drug-likeness (QED) is 0.851. The molecule has 1 N–H and O–H groups in total. The first-order valence-corrected chi connectivity index (χ1v) is 7.70. The average molecular weight is 351 g/mol. The van der Waals surface area contributed by atoms with Crippen molar-refractivity contribution in [3.8, 4) is 5.75 Å². The number of rotatable bonds is 4. The number of ether oxygens (including phenoxy) is 2. The summed E-state index contributed by atoms with van der Waals surface area (Å²) in [4.78, 5) is 23.8. The van der Waals surface area contributed by atoms with E-state index in [4.69, 9.17) is 25.6 Å². The van der Waals surface area contributed by atoms with Crippen LogP contribution in [0, 0.1) is 12.8 Å². The SMILES string of the molecule is Cc1cc(NC(=O)COC(=O)[C@@H]2COc3ccc(Cl)cc3C2)no1. The lowest BCUT2D eigenvalue weighted by Gasteiger charge is -2.24. The first kappa shape index (κ1) is 16.3. The van der Waals surface area contributed by atoms with Crippen LogP contribution >= 0.6 is 11.6 Å². The second-order valence-electron chi connectivity index (χ2n) is 5.44. The summed E-state index contributed by atoms with van der Waals surface area (Å²) in [7, 11) is 0. The number of benzene rings is 1. The zero-order chi connectivity index (χ0) is 17.1. The van der Waals surface area contributed by atoms with Crippen molar-refractivity contribution < 1.29 is 23.6 Å². The van der Waals surface area contributed by atoms with Crippen LogP contribution in [-0.4, -0.2) is 30.2 Å². The molecule has 1 aromatic carbocycles. The van der Waals surface area contributed by atoms with E-state index >= 15 is 0 Å². The molecule has 0 fully saturated rings. The molecule has 0 radical (unpaired) electrons. The number of anilines is 1. The van der Waals surface area contributed by atoms with Gasteiger partial charge in [0.25, 0.3) is 5.91 Å². The Hall–Kier alpha value is -2.54. The predicted molar refractivity (Wildman–Crippen MR) is 85.0 cm³/mol. The van der Waals surface area contributed by atoms with Gasteiger partial charge in [-0.25, -0.2) is 0 Å². The molecular weight excluding hydrogens is 336 g/mol. The van der Waals surface area contributed by atoms with Crippen molar-refractivity contribution >= 4 is 29.3 Å². The monoisotopic (exact) mass is 350 g/mol. The number of hydrogen-bond acceptors (Lipinski definition) is 6. The Balaban J connectivity index is 1.51. The topological polar surface area (TPSA) is 90.7 Å². The fourth-order valence-corrected chi connectivity index (χ4v) is 2.57. The van der Waals surface area contributed by atoms with Gasteiger partial charge in [0.1, 0.15) is 18.1 Å². The summed E-state index contributed by atoms with van der Waals surface area (Å²) in [5.74, 6) is 0.0988. The van der Waals surface area contributed by atoms with Gasteiger partial charge in [0, 0.05) is 11.1 Å². The van der Waals surface area contributed by atoms with Crippen LogP contribution in [0.1, 0.15) is 11.3 Å². The largest absolute Gasteiger partial charge is 0.492 e. The summed E-state index contributed by atoms with van der Waals surface area (Å²) in [6.45, 7) is 1.51. The average Bonchev–Trinajstić information content (AvgIpc) is 2.96. The second-order valence-corrected chi connectivity index (χ2v) is 5.88. The molecule has 7 nitrogen and oxygen atoms in total. The maximum atomic E-state index is 12.1. The molecule has 0 bridgehead atoms. The summed E-state index contributed by atoms with van der Waals surface area (Å²) in [5.41, 5.74) is 0.846. The van der Waals surface area contributed by atoms with Crippen molar-refractivity contribution in [2.45, 2.75) is 13.3 Å².